The van der Waals surface area contributed by atoms with Gasteiger partial charge in [0.15, 0.2) is 17.5 Å². The Labute approximate surface area is 137 Å². The number of amides is 1. The van der Waals surface area contributed by atoms with E-state index in [4.69, 9.17) is 0 Å². The number of anilines is 1. The molecule has 0 atom stereocenters. The van der Waals surface area contributed by atoms with Crippen LogP contribution in [0.25, 0.3) is 10.2 Å². The predicted molar refractivity (Wildman–Crippen MR) is 83.4 cm³/mol. The van der Waals surface area contributed by atoms with Crippen molar-refractivity contribution in [2.24, 2.45) is 0 Å². The zero-order valence-electron chi connectivity index (χ0n) is 12.1. The highest BCUT2D eigenvalue weighted by Gasteiger charge is 2.15. The van der Waals surface area contributed by atoms with Crippen molar-refractivity contribution < 1.29 is 18.0 Å². The van der Waals surface area contributed by atoms with E-state index >= 15 is 0 Å². The monoisotopic (exact) mass is 353 g/mol. The smallest absolute Gasteiger partial charge is 0.262 e. The SMILES string of the molecule is O=C(CCn1cnc2sccc2c1=O)Nc1ccc(F)c(F)c1F. The van der Waals surface area contributed by atoms with Gasteiger partial charge in [-0.15, -0.1) is 11.3 Å². The van der Waals surface area contributed by atoms with Gasteiger partial charge in [0.2, 0.25) is 5.91 Å². The number of benzene rings is 1. The van der Waals surface area contributed by atoms with E-state index in [1.165, 1.54) is 22.2 Å². The Morgan fingerprint density at radius 1 is 1.21 bits per heavy atom. The topological polar surface area (TPSA) is 64.0 Å². The number of hydrogen-bond acceptors (Lipinski definition) is 4. The molecule has 1 N–H and O–H groups in total. The molecule has 1 aromatic carbocycles. The van der Waals surface area contributed by atoms with Gasteiger partial charge in [0.1, 0.15) is 4.83 Å². The van der Waals surface area contributed by atoms with Crippen LogP contribution in [0.2, 0.25) is 0 Å². The number of carbonyl (C=O) groups excluding carboxylic acids is 1. The van der Waals surface area contributed by atoms with Gasteiger partial charge in [-0.1, -0.05) is 0 Å². The Hall–Kier alpha value is -2.68. The molecule has 2 aromatic heterocycles. The third kappa shape index (κ3) is 3.02. The molecule has 0 saturated heterocycles. The van der Waals surface area contributed by atoms with Crippen LogP contribution >= 0.6 is 11.3 Å². The van der Waals surface area contributed by atoms with Crippen molar-refractivity contribution in [1.29, 1.82) is 0 Å². The molecule has 0 aliphatic rings. The minimum atomic E-state index is -1.66. The molecule has 0 saturated carbocycles. The van der Waals surface area contributed by atoms with Gasteiger partial charge in [-0.3, -0.25) is 14.2 Å². The van der Waals surface area contributed by atoms with Crippen LogP contribution in [0.15, 0.2) is 34.7 Å². The van der Waals surface area contributed by atoms with E-state index in [9.17, 15) is 22.8 Å². The van der Waals surface area contributed by atoms with E-state index in [-0.39, 0.29) is 18.5 Å². The highest BCUT2D eigenvalue weighted by atomic mass is 32.1. The molecular formula is C15H10F3N3O2S. The largest absolute Gasteiger partial charge is 0.323 e. The number of nitrogens with one attached hydrogen (secondary N) is 1. The molecule has 0 unspecified atom stereocenters. The molecule has 3 rings (SSSR count). The lowest BCUT2D eigenvalue weighted by Crippen LogP contribution is -2.23. The molecule has 1 amide bonds. The summed E-state index contributed by atoms with van der Waals surface area (Å²) >= 11 is 1.33. The standard InChI is InChI=1S/C15H10F3N3O2S/c16-9-1-2-10(13(18)12(9)17)20-11(22)3-5-21-7-19-14-8(15(21)23)4-6-24-14/h1-2,4,6-7H,3,5H2,(H,20,22). The van der Waals surface area contributed by atoms with Gasteiger partial charge < -0.3 is 5.32 Å². The van der Waals surface area contributed by atoms with Crippen LogP contribution in [0, 0.1) is 17.5 Å². The summed E-state index contributed by atoms with van der Waals surface area (Å²) in [5.74, 6) is -5.11. The first kappa shape index (κ1) is 16.2. The maximum atomic E-state index is 13.5. The van der Waals surface area contributed by atoms with Gasteiger partial charge in [0.25, 0.3) is 5.56 Å². The normalized spacial score (nSPS) is 11.0. The molecule has 0 spiro atoms. The summed E-state index contributed by atoms with van der Waals surface area (Å²) in [6.07, 6.45) is 1.17. The molecule has 24 heavy (non-hydrogen) atoms. The van der Waals surface area contributed by atoms with Gasteiger partial charge >= 0.3 is 0 Å². The molecule has 3 aromatic rings. The molecule has 124 valence electrons. The van der Waals surface area contributed by atoms with Gasteiger partial charge in [0.05, 0.1) is 17.4 Å². The number of aryl methyl sites for hydroxylation is 1. The number of thiophene rings is 1. The van der Waals surface area contributed by atoms with Crippen LogP contribution in [0.1, 0.15) is 6.42 Å². The molecule has 0 aliphatic heterocycles. The van der Waals surface area contributed by atoms with Crippen molar-refractivity contribution in [1.82, 2.24) is 9.55 Å². The van der Waals surface area contributed by atoms with Gasteiger partial charge in [-0.2, -0.15) is 0 Å². The zero-order chi connectivity index (χ0) is 17.3. The fraction of sp³-hybridized carbons (Fsp3) is 0.133. The summed E-state index contributed by atoms with van der Waals surface area (Å²) < 4.78 is 40.7. The molecule has 0 fully saturated rings. The first-order valence-corrected chi connectivity index (χ1v) is 7.71. The third-order valence-corrected chi connectivity index (χ3v) is 4.16. The highest BCUT2D eigenvalue weighted by Crippen LogP contribution is 2.19. The van der Waals surface area contributed by atoms with Crippen LogP contribution in [-0.2, 0) is 11.3 Å². The quantitative estimate of drug-likeness (QED) is 0.734. The fourth-order valence-electron chi connectivity index (χ4n) is 2.11. The van der Waals surface area contributed by atoms with Crippen molar-refractivity contribution in [2.75, 3.05) is 5.32 Å². The summed E-state index contributed by atoms with van der Waals surface area (Å²) in [5, 5.41) is 4.34. The van der Waals surface area contributed by atoms with E-state index in [1.807, 2.05) is 0 Å². The number of halogens is 3. The number of fused-ring (bicyclic) bond motifs is 1. The summed E-state index contributed by atoms with van der Waals surface area (Å²) in [7, 11) is 0. The average Bonchev–Trinajstić information content (AvgIpc) is 3.04. The summed E-state index contributed by atoms with van der Waals surface area (Å²) in [6, 6.07) is 3.28. The van der Waals surface area contributed by atoms with Crippen LogP contribution in [0.5, 0.6) is 0 Å². The van der Waals surface area contributed by atoms with E-state index in [2.05, 4.69) is 10.3 Å². The van der Waals surface area contributed by atoms with Crippen LogP contribution in [0.3, 0.4) is 0 Å². The van der Waals surface area contributed by atoms with Crippen LogP contribution in [0.4, 0.5) is 18.9 Å². The average molecular weight is 353 g/mol. The number of aromatic nitrogens is 2. The lowest BCUT2D eigenvalue weighted by Gasteiger charge is -2.08. The Morgan fingerprint density at radius 3 is 2.79 bits per heavy atom. The van der Waals surface area contributed by atoms with Crippen molar-refractivity contribution in [2.45, 2.75) is 13.0 Å². The Kier molecular flexibility index (Phi) is 4.34. The lowest BCUT2D eigenvalue weighted by molar-refractivity contribution is -0.116. The second kappa shape index (κ2) is 6.44. The van der Waals surface area contributed by atoms with Gasteiger partial charge in [0, 0.05) is 13.0 Å². The van der Waals surface area contributed by atoms with Gasteiger partial charge in [-0.05, 0) is 23.6 Å². The van der Waals surface area contributed by atoms with Crippen molar-refractivity contribution in [3.63, 3.8) is 0 Å². The minimum Gasteiger partial charge on any atom is -0.323 e. The van der Waals surface area contributed by atoms with E-state index in [0.717, 1.165) is 6.07 Å². The highest BCUT2D eigenvalue weighted by molar-refractivity contribution is 7.16. The predicted octanol–water partition coefficient (Wildman–Crippen LogP) is 2.90. The molecule has 9 heteroatoms. The molecule has 0 radical (unpaired) electrons. The maximum absolute atomic E-state index is 13.5. The van der Waals surface area contributed by atoms with Gasteiger partial charge in [-0.25, -0.2) is 18.2 Å². The Balaban J connectivity index is 1.70. The fourth-order valence-corrected chi connectivity index (χ4v) is 2.83. The van der Waals surface area contributed by atoms with Crippen LogP contribution < -0.4 is 10.9 Å². The first-order valence-electron chi connectivity index (χ1n) is 6.83. The lowest BCUT2D eigenvalue weighted by atomic mass is 10.2. The minimum absolute atomic E-state index is 0.0226. The number of rotatable bonds is 4. The molecule has 2 heterocycles. The third-order valence-electron chi connectivity index (χ3n) is 3.34. The zero-order valence-corrected chi connectivity index (χ0v) is 12.9. The molecule has 0 aliphatic carbocycles. The molecular weight excluding hydrogens is 343 g/mol. The first-order chi connectivity index (χ1) is 11.5. The molecule has 0 bridgehead atoms. The number of nitrogens with zero attached hydrogens (tertiary/aromatic N) is 2. The van der Waals surface area contributed by atoms with Crippen molar-refractivity contribution >= 4 is 33.1 Å². The second-order valence-corrected chi connectivity index (χ2v) is 5.80. The Morgan fingerprint density at radius 2 is 2.00 bits per heavy atom. The van der Waals surface area contributed by atoms with Crippen molar-refractivity contribution in [3.8, 4) is 0 Å². The summed E-state index contributed by atoms with van der Waals surface area (Å²) in [6.45, 7) is 0.0226. The van der Waals surface area contributed by atoms with E-state index in [0.29, 0.717) is 16.3 Å². The van der Waals surface area contributed by atoms with E-state index in [1.54, 1.807) is 11.4 Å². The Bertz CT molecular complexity index is 984. The van der Waals surface area contributed by atoms with Crippen molar-refractivity contribution in [3.05, 3.63) is 57.7 Å². The van der Waals surface area contributed by atoms with E-state index < -0.39 is 29.0 Å². The number of hydrogen-bond donors (Lipinski definition) is 1. The summed E-state index contributed by atoms with van der Waals surface area (Å²) in [4.78, 5) is 28.7. The second-order valence-electron chi connectivity index (χ2n) is 4.90. The van der Waals surface area contributed by atoms with Crippen LogP contribution in [-0.4, -0.2) is 15.5 Å². The molecule has 5 nitrogen and oxygen atoms in total. The number of carbonyl (C=O) groups is 1. The summed E-state index contributed by atoms with van der Waals surface area (Å²) in [5.41, 5.74) is -0.745. The maximum Gasteiger partial charge on any atom is 0.262 e.